The Morgan fingerprint density at radius 3 is 2.71 bits per heavy atom. The molecule has 0 aromatic carbocycles. The number of halogens is 2. The summed E-state index contributed by atoms with van der Waals surface area (Å²) in [5, 5.41) is 0. The van der Waals surface area contributed by atoms with E-state index >= 15 is 0 Å². The van der Waals surface area contributed by atoms with E-state index in [1.807, 2.05) is 18.2 Å². The van der Waals surface area contributed by atoms with E-state index in [2.05, 4.69) is 27.0 Å². The first-order valence-corrected chi connectivity index (χ1v) is 5.17. The van der Waals surface area contributed by atoms with Gasteiger partial charge in [0, 0.05) is 35.9 Å². The van der Waals surface area contributed by atoms with Gasteiger partial charge >= 0.3 is 0 Å². The first kappa shape index (κ1) is 12.0. The van der Waals surface area contributed by atoms with Crippen molar-refractivity contribution in [3.8, 4) is 10.6 Å². The van der Waals surface area contributed by atoms with Crippen molar-refractivity contribution in [3.05, 3.63) is 40.1 Å². The predicted molar refractivity (Wildman–Crippen MR) is 54.0 cm³/mol. The minimum absolute atomic E-state index is 0. The van der Waals surface area contributed by atoms with Crippen molar-refractivity contribution >= 4 is 27.3 Å². The van der Waals surface area contributed by atoms with Crippen molar-refractivity contribution in [1.29, 1.82) is 0 Å². The molecule has 2 heterocycles. The van der Waals surface area contributed by atoms with Crippen LogP contribution in [0.25, 0.3) is 10.6 Å². The molecule has 2 aromatic heterocycles. The third kappa shape index (κ3) is 2.48. The molecule has 0 N–H and O–H groups in total. The second-order valence-corrected chi connectivity index (χ2v) is 4.70. The minimum Gasteiger partial charge on any atom is -0.319 e. The van der Waals surface area contributed by atoms with Crippen molar-refractivity contribution in [3.63, 3.8) is 0 Å². The summed E-state index contributed by atoms with van der Waals surface area (Å²) in [6.07, 6.45) is 1.68. The number of pyridine rings is 1. The minimum atomic E-state index is -0.356. The summed E-state index contributed by atoms with van der Waals surface area (Å²) in [7, 11) is 0. The molecule has 0 bridgehead atoms. The first-order chi connectivity index (χ1) is 6.27. The number of hydrogen-bond acceptors (Lipinski definition) is 2. The zero-order valence-corrected chi connectivity index (χ0v) is 11.6. The Bertz CT molecular complexity index is 399. The molecule has 0 spiro atoms. The number of hydrogen-bond donors (Lipinski definition) is 0. The Morgan fingerprint density at radius 2 is 2.21 bits per heavy atom. The maximum atomic E-state index is 12.9. The molecule has 0 fully saturated rings. The molecule has 0 atom stereocenters. The molecule has 0 saturated carbocycles. The van der Waals surface area contributed by atoms with Gasteiger partial charge in [-0.05, 0) is 11.8 Å². The topological polar surface area (TPSA) is 12.9 Å². The van der Waals surface area contributed by atoms with E-state index in [0.29, 0.717) is 8.66 Å². The summed E-state index contributed by atoms with van der Waals surface area (Å²) in [5.41, 5.74) is 0.747. The molecule has 0 saturated heterocycles. The molecule has 75 valence electrons. The Balaban J connectivity index is 0.000000980. The van der Waals surface area contributed by atoms with Gasteiger partial charge in [0.05, 0.1) is 0 Å². The Hall–Kier alpha value is -0.0906. The summed E-state index contributed by atoms with van der Waals surface area (Å²) in [4.78, 5) is 4.81. The monoisotopic (exact) mass is 449 g/mol. The number of rotatable bonds is 1. The quantitative estimate of drug-likeness (QED) is 0.608. The average Bonchev–Trinajstić information content (AvgIpc) is 2.49. The fraction of sp³-hybridized carbons (Fsp3) is 0. The van der Waals surface area contributed by atoms with E-state index in [4.69, 9.17) is 0 Å². The zero-order valence-electron chi connectivity index (χ0n) is 6.75. The number of aromatic nitrogens is 1. The maximum Gasteiger partial charge on any atom is 0.0368 e. The van der Waals surface area contributed by atoms with Gasteiger partial charge in [-0.15, -0.1) is 22.0 Å². The Labute approximate surface area is 107 Å². The molecule has 1 nitrogen and oxygen atoms in total. The van der Waals surface area contributed by atoms with Gasteiger partial charge in [0.15, 0.2) is 0 Å². The van der Waals surface area contributed by atoms with Crippen LogP contribution in [0.5, 0.6) is 0 Å². The van der Waals surface area contributed by atoms with Gasteiger partial charge in [0.25, 0.3) is 0 Å². The van der Waals surface area contributed by atoms with E-state index in [1.54, 1.807) is 6.20 Å². The molecular formula is C9H4BrFIrNS-. The van der Waals surface area contributed by atoms with Crippen LogP contribution < -0.4 is 0 Å². The van der Waals surface area contributed by atoms with Crippen molar-refractivity contribution in [1.82, 2.24) is 4.98 Å². The number of thiophene rings is 1. The van der Waals surface area contributed by atoms with Gasteiger partial charge < -0.3 is 4.98 Å². The van der Waals surface area contributed by atoms with Gasteiger partial charge in [-0.2, -0.15) is 0 Å². The Morgan fingerprint density at radius 1 is 1.43 bits per heavy atom. The average molecular weight is 449 g/mol. The maximum absolute atomic E-state index is 12.9. The molecule has 0 amide bonds. The molecular weight excluding hydrogens is 445 g/mol. The van der Waals surface area contributed by atoms with Gasteiger partial charge in [-0.1, -0.05) is 17.0 Å². The Kier molecular flexibility index (Phi) is 4.38. The van der Waals surface area contributed by atoms with Crippen LogP contribution in [0.2, 0.25) is 0 Å². The zero-order chi connectivity index (χ0) is 9.26. The van der Waals surface area contributed by atoms with E-state index < -0.39 is 0 Å². The van der Waals surface area contributed by atoms with Crippen molar-refractivity contribution in [2.45, 2.75) is 0 Å². The van der Waals surface area contributed by atoms with Gasteiger partial charge in [0.1, 0.15) is 0 Å². The van der Waals surface area contributed by atoms with Gasteiger partial charge in [0.2, 0.25) is 0 Å². The van der Waals surface area contributed by atoms with Crippen LogP contribution in [0, 0.1) is 11.9 Å². The van der Waals surface area contributed by atoms with Crippen LogP contribution in [0.15, 0.2) is 28.2 Å². The summed E-state index contributed by atoms with van der Waals surface area (Å²) in [6, 6.07) is 8.12. The van der Waals surface area contributed by atoms with E-state index in [-0.39, 0.29) is 25.9 Å². The van der Waals surface area contributed by atoms with Crippen LogP contribution in [0.1, 0.15) is 0 Å². The summed E-state index contributed by atoms with van der Waals surface area (Å²) < 4.78 is 13.4. The van der Waals surface area contributed by atoms with Gasteiger partial charge in [-0.25, -0.2) is 15.7 Å². The summed E-state index contributed by atoms with van der Waals surface area (Å²) in [5.74, 6) is -0.356. The number of nitrogens with zero attached hydrogens (tertiary/aromatic N) is 1. The SMILES string of the molecule is Fc1[c-]c(-c2ccccn2)sc1Br.[Ir]. The van der Waals surface area contributed by atoms with Crippen molar-refractivity contribution in [2.75, 3.05) is 0 Å². The standard InChI is InChI=1S/C9H4BrFNS.Ir/c10-9-6(11)5-8(13-9)7-3-1-2-4-12-7;/h1-4H;/q-1;. The molecule has 2 aromatic rings. The molecule has 2 rings (SSSR count). The molecule has 0 aliphatic heterocycles. The van der Waals surface area contributed by atoms with E-state index in [0.717, 1.165) is 5.69 Å². The van der Waals surface area contributed by atoms with Crippen LogP contribution in [0.4, 0.5) is 4.39 Å². The molecule has 0 aliphatic carbocycles. The third-order valence-corrected chi connectivity index (χ3v) is 3.19. The second kappa shape index (κ2) is 5.12. The molecule has 5 heteroatoms. The predicted octanol–water partition coefficient (Wildman–Crippen LogP) is 3.51. The van der Waals surface area contributed by atoms with Crippen molar-refractivity contribution < 1.29 is 24.5 Å². The van der Waals surface area contributed by atoms with Gasteiger partial charge in [-0.3, -0.25) is 0 Å². The van der Waals surface area contributed by atoms with Crippen LogP contribution in [-0.2, 0) is 20.1 Å². The largest absolute Gasteiger partial charge is 0.319 e. The normalized spacial score (nSPS) is 9.57. The smallest absolute Gasteiger partial charge is 0.0368 e. The van der Waals surface area contributed by atoms with E-state index in [1.165, 1.54) is 11.3 Å². The third-order valence-electron chi connectivity index (χ3n) is 1.49. The van der Waals surface area contributed by atoms with E-state index in [9.17, 15) is 4.39 Å². The molecule has 0 unspecified atom stereocenters. The molecule has 14 heavy (non-hydrogen) atoms. The first-order valence-electron chi connectivity index (χ1n) is 3.56. The summed E-state index contributed by atoms with van der Waals surface area (Å²) >= 11 is 4.39. The summed E-state index contributed by atoms with van der Waals surface area (Å²) in [6.45, 7) is 0. The second-order valence-electron chi connectivity index (χ2n) is 2.36. The van der Waals surface area contributed by atoms with Crippen LogP contribution in [-0.4, -0.2) is 4.98 Å². The molecule has 0 aliphatic rings. The fourth-order valence-electron chi connectivity index (χ4n) is 0.922. The van der Waals surface area contributed by atoms with Crippen molar-refractivity contribution in [2.24, 2.45) is 0 Å². The fourth-order valence-corrected chi connectivity index (χ4v) is 2.19. The van der Waals surface area contributed by atoms with Crippen LogP contribution in [0.3, 0.4) is 0 Å². The molecule has 1 radical (unpaired) electrons. The van der Waals surface area contributed by atoms with Crippen LogP contribution >= 0.6 is 27.3 Å².